The Bertz CT molecular complexity index is 400. The topological polar surface area (TPSA) is 51.2 Å². The first kappa shape index (κ1) is 17.1. The van der Waals surface area contributed by atoms with Crippen LogP contribution in [0.4, 0.5) is 0 Å². The van der Waals surface area contributed by atoms with Gasteiger partial charge in [-0.15, -0.1) is 0 Å². The third-order valence-corrected chi connectivity index (χ3v) is 5.31. The van der Waals surface area contributed by atoms with E-state index in [1.165, 1.54) is 0 Å². The van der Waals surface area contributed by atoms with E-state index in [1.54, 1.807) is 7.11 Å². The molecule has 6 heteroatoms. The number of amides is 1. The number of hydrogen-bond donors (Lipinski definition) is 0. The summed E-state index contributed by atoms with van der Waals surface area (Å²) in [6.45, 7) is 7.53. The summed E-state index contributed by atoms with van der Waals surface area (Å²) in [5.41, 5.74) is 0.0662. The molecule has 0 bridgehead atoms. The number of nitrogens with zero attached hydrogens (tertiary/aromatic N) is 2. The summed E-state index contributed by atoms with van der Waals surface area (Å²) in [5.74, 6) is 0.189. The Kier molecular flexibility index (Phi) is 5.91. The van der Waals surface area contributed by atoms with E-state index < -0.39 is 0 Å². The zero-order valence-electron chi connectivity index (χ0n) is 14.3. The van der Waals surface area contributed by atoms with E-state index in [2.05, 4.69) is 4.90 Å². The highest BCUT2D eigenvalue weighted by Crippen LogP contribution is 2.33. The lowest BCUT2D eigenvalue weighted by molar-refractivity contribution is -0.145. The van der Waals surface area contributed by atoms with Crippen molar-refractivity contribution in [2.24, 2.45) is 5.41 Å². The first-order valence-corrected chi connectivity index (χ1v) is 8.92. The first-order chi connectivity index (χ1) is 11.2. The van der Waals surface area contributed by atoms with Crippen LogP contribution in [-0.2, 0) is 19.0 Å². The van der Waals surface area contributed by atoms with Crippen LogP contribution in [0.5, 0.6) is 0 Å². The van der Waals surface area contributed by atoms with E-state index in [1.807, 2.05) is 4.90 Å². The van der Waals surface area contributed by atoms with Gasteiger partial charge in [-0.25, -0.2) is 0 Å². The van der Waals surface area contributed by atoms with Gasteiger partial charge in [0.05, 0.1) is 19.8 Å². The number of methoxy groups -OCH3 is 1. The SMILES string of the molecule is COCCN1CCOC[C@@]2(CCCN(C(=O)[C@H]3CCCO3)C2)C1. The second-order valence-corrected chi connectivity index (χ2v) is 7.19. The van der Waals surface area contributed by atoms with Crippen LogP contribution in [0.15, 0.2) is 0 Å². The van der Waals surface area contributed by atoms with Crippen molar-refractivity contribution in [3.63, 3.8) is 0 Å². The van der Waals surface area contributed by atoms with Crippen LogP contribution in [0.3, 0.4) is 0 Å². The van der Waals surface area contributed by atoms with Gasteiger partial charge in [0.1, 0.15) is 6.10 Å². The maximum atomic E-state index is 12.7. The monoisotopic (exact) mass is 326 g/mol. The molecule has 1 spiro atoms. The predicted octanol–water partition coefficient (Wildman–Crippen LogP) is 0.753. The molecule has 3 saturated heterocycles. The Morgan fingerprint density at radius 3 is 2.96 bits per heavy atom. The van der Waals surface area contributed by atoms with Gasteiger partial charge in [0.2, 0.25) is 0 Å². The molecule has 0 aromatic carbocycles. The zero-order chi connectivity index (χ0) is 16.1. The quantitative estimate of drug-likeness (QED) is 0.763. The molecule has 3 fully saturated rings. The van der Waals surface area contributed by atoms with Crippen LogP contribution in [0.25, 0.3) is 0 Å². The highest BCUT2D eigenvalue weighted by molar-refractivity contribution is 5.81. The molecule has 0 radical (unpaired) electrons. The molecule has 0 saturated carbocycles. The molecule has 0 aromatic heterocycles. The van der Waals surface area contributed by atoms with Crippen molar-refractivity contribution in [3.8, 4) is 0 Å². The van der Waals surface area contributed by atoms with Crippen LogP contribution in [-0.4, -0.2) is 88.1 Å². The van der Waals surface area contributed by atoms with Gasteiger partial charge in [0.15, 0.2) is 0 Å². The van der Waals surface area contributed by atoms with E-state index >= 15 is 0 Å². The normalized spacial score (nSPS) is 33.1. The van der Waals surface area contributed by atoms with E-state index in [4.69, 9.17) is 14.2 Å². The average Bonchev–Trinajstić information content (AvgIpc) is 3.03. The zero-order valence-corrected chi connectivity index (χ0v) is 14.3. The predicted molar refractivity (Wildman–Crippen MR) is 86.4 cm³/mol. The van der Waals surface area contributed by atoms with Gasteiger partial charge in [-0.1, -0.05) is 0 Å². The van der Waals surface area contributed by atoms with Crippen molar-refractivity contribution in [2.75, 3.05) is 66.3 Å². The minimum absolute atomic E-state index is 0.0662. The van der Waals surface area contributed by atoms with Crippen LogP contribution in [0.2, 0.25) is 0 Å². The molecule has 3 aliphatic heterocycles. The molecule has 0 aromatic rings. The summed E-state index contributed by atoms with van der Waals surface area (Å²) in [5, 5.41) is 0. The molecule has 23 heavy (non-hydrogen) atoms. The third kappa shape index (κ3) is 4.24. The Labute approximate surface area is 139 Å². The number of hydrogen-bond acceptors (Lipinski definition) is 5. The number of carbonyl (C=O) groups is 1. The molecule has 0 unspecified atom stereocenters. The fraction of sp³-hybridized carbons (Fsp3) is 0.941. The molecular weight excluding hydrogens is 296 g/mol. The molecule has 132 valence electrons. The molecule has 1 amide bonds. The van der Waals surface area contributed by atoms with Crippen molar-refractivity contribution < 1.29 is 19.0 Å². The summed E-state index contributed by atoms with van der Waals surface area (Å²) >= 11 is 0. The molecule has 3 heterocycles. The summed E-state index contributed by atoms with van der Waals surface area (Å²) < 4.78 is 16.7. The smallest absolute Gasteiger partial charge is 0.251 e. The van der Waals surface area contributed by atoms with Crippen molar-refractivity contribution in [1.82, 2.24) is 9.80 Å². The summed E-state index contributed by atoms with van der Waals surface area (Å²) in [6.07, 6.45) is 3.86. The van der Waals surface area contributed by atoms with E-state index in [9.17, 15) is 4.79 Å². The summed E-state index contributed by atoms with van der Waals surface area (Å²) in [4.78, 5) is 17.1. The fourth-order valence-corrected chi connectivity index (χ4v) is 4.11. The van der Waals surface area contributed by atoms with E-state index in [0.29, 0.717) is 0 Å². The van der Waals surface area contributed by atoms with Gasteiger partial charge in [-0.3, -0.25) is 9.69 Å². The Morgan fingerprint density at radius 1 is 1.26 bits per heavy atom. The van der Waals surface area contributed by atoms with Crippen molar-refractivity contribution in [2.45, 2.75) is 31.8 Å². The highest BCUT2D eigenvalue weighted by Gasteiger charge is 2.41. The largest absolute Gasteiger partial charge is 0.383 e. The Morgan fingerprint density at radius 2 is 2.17 bits per heavy atom. The second-order valence-electron chi connectivity index (χ2n) is 7.19. The lowest BCUT2D eigenvalue weighted by Crippen LogP contribution is -2.54. The van der Waals surface area contributed by atoms with Gasteiger partial charge < -0.3 is 19.1 Å². The summed E-state index contributed by atoms with van der Waals surface area (Å²) in [6, 6.07) is 0. The highest BCUT2D eigenvalue weighted by atomic mass is 16.5. The van der Waals surface area contributed by atoms with Gasteiger partial charge >= 0.3 is 0 Å². The lowest BCUT2D eigenvalue weighted by atomic mass is 9.80. The fourth-order valence-electron chi connectivity index (χ4n) is 4.11. The average molecular weight is 326 g/mol. The van der Waals surface area contributed by atoms with E-state index in [0.717, 1.165) is 84.8 Å². The lowest BCUT2D eigenvalue weighted by Gasteiger charge is -2.44. The van der Waals surface area contributed by atoms with Crippen molar-refractivity contribution >= 4 is 5.91 Å². The number of carbonyl (C=O) groups excluding carboxylic acids is 1. The van der Waals surface area contributed by atoms with Crippen LogP contribution >= 0.6 is 0 Å². The Hall–Kier alpha value is -0.690. The number of rotatable bonds is 4. The maximum Gasteiger partial charge on any atom is 0.251 e. The Balaban J connectivity index is 1.63. The summed E-state index contributed by atoms with van der Waals surface area (Å²) in [7, 11) is 1.74. The molecular formula is C17H30N2O4. The molecule has 3 rings (SSSR count). The van der Waals surface area contributed by atoms with Crippen molar-refractivity contribution in [1.29, 1.82) is 0 Å². The maximum absolute atomic E-state index is 12.7. The van der Waals surface area contributed by atoms with Crippen LogP contribution in [0.1, 0.15) is 25.7 Å². The van der Waals surface area contributed by atoms with Gasteiger partial charge in [0.25, 0.3) is 5.91 Å². The van der Waals surface area contributed by atoms with Crippen molar-refractivity contribution in [3.05, 3.63) is 0 Å². The second kappa shape index (κ2) is 7.92. The minimum Gasteiger partial charge on any atom is -0.383 e. The van der Waals surface area contributed by atoms with Crippen LogP contribution < -0.4 is 0 Å². The van der Waals surface area contributed by atoms with Gasteiger partial charge in [-0.05, 0) is 25.7 Å². The molecule has 0 N–H and O–H groups in total. The first-order valence-electron chi connectivity index (χ1n) is 8.92. The molecule has 6 nitrogen and oxygen atoms in total. The molecule has 2 atom stereocenters. The number of likely N-dealkylation sites (tertiary alicyclic amines) is 1. The third-order valence-electron chi connectivity index (χ3n) is 5.31. The standard InChI is InChI=1S/C17H30N2O4/c1-21-10-7-18-8-11-22-14-17(12-18)5-3-6-19(13-17)16(20)15-4-2-9-23-15/h15H,2-14H2,1H3/t15-,17+/m1/s1. The molecule has 3 aliphatic rings. The minimum atomic E-state index is -0.207. The molecule has 0 aliphatic carbocycles. The van der Waals surface area contributed by atoms with E-state index in [-0.39, 0.29) is 17.4 Å². The van der Waals surface area contributed by atoms with Crippen LogP contribution in [0, 0.1) is 5.41 Å². The number of ether oxygens (including phenoxy) is 3. The van der Waals surface area contributed by atoms with Gasteiger partial charge in [0, 0.05) is 51.9 Å². The van der Waals surface area contributed by atoms with Gasteiger partial charge in [-0.2, -0.15) is 0 Å². The number of piperidine rings is 1.